The number of rotatable bonds is 5. The molecule has 28 heavy (non-hydrogen) atoms. The number of piperazine rings is 1. The molecule has 0 N–H and O–H groups in total. The number of hydrogen-bond acceptors (Lipinski definition) is 4. The van der Waals surface area contributed by atoms with Crippen LogP contribution in [0.25, 0.3) is 10.8 Å². The molecule has 0 atom stereocenters. The lowest BCUT2D eigenvalue weighted by atomic mass is 10.1. The molecular weight excluding hydrogens is 348 g/mol. The lowest BCUT2D eigenvalue weighted by Gasteiger charge is -2.37. The third-order valence-electron chi connectivity index (χ3n) is 5.34. The number of carbonyl (C=O) groups is 1. The number of benzene rings is 2. The summed E-state index contributed by atoms with van der Waals surface area (Å²) >= 11 is 0. The Morgan fingerprint density at radius 2 is 1.68 bits per heavy atom. The van der Waals surface area contributed by atoms with Crippen molar-refractivity contribution in [2.24, 2.45) is 0 Å². The summed E-state index contributed by atoms with van der Waals surface area (Å²) in [4.78, 5) is 23.1. The van der Waals surface area contributed by atoms with Gasteiger partial charge in [0.05, 0.1) is 6.54 Å². The van der Waals surface area contributed by atoms with E-state index in [1.165, 1.54) is 22.0 Å². The molecule has 0 radical (unpaired) electrons. The summed E-state index contributed by atoms with van der Waals surface area (Å²) in [5.41, 5.74) is 2.41. The Labute approximate surface area is 166 Å². The Morgan fingerprint density at radius 1 is 0.964 bits per heavy atom. The van der Waals surface area contributed by atoms with Crippen LogP contribution in [-0.4, -0.2) is 60.5 Å². The fourth-order valence-corrected chi connectivity index (χ4v) is 3.77. The maximum atomic E-state index is 12.7. The predicted molar refractivity (Wildman–Crippen MR) is 113 cm³/mol. The predicted octanol–water partition coefficient (Wildman–Crippen LogP) is 3.02. The monoisotopic (exact) mass is 374 g/mol. The van der Waals surface area contributed by atoms with Gasteiger partial charge >= 0.3 is 0 Å². The second-order valence-corrected chi connectivity index (χ2v) is 7.43. The van der Waals surface area contributed by atoms with E-state index >= 15 is 0 Å². The third kappa shape index (κ3) is 4.31. The van der Waals surface area contributed by atoms with Gasteiger partial charge in [-0.25, -0.2) is 0 Å². The van der Waals surface area contributed by atoms with Crippen molar-refractivity contribution in [1.29, 1.82) is 0 Å². The summed E-state index contributed by atoms with van der Waals surface area (Å²) < 4.78 is 0. The van der Waals surface area contributed by atoms with Crippen LogP contribution < -0.4 is 4.90 Å². The Kier molecular flexibility index (Phi) is 5.53. The number of fused-ring (bicyclic) bond motifs is 1. The van der Waals surface area contributed by atoms with Crippen molar-refractivity contribution in [3.63, 3.8) is 0 Å². The van der Waals surface area contributed by atoms with Gasteiger partial charge in [-0.15, -0.1) is 0 Å². The Bertz CT molecular complexity index is 935. The standard InChI is InChI=1S/C23H26N4O/c1-25(17-19-8-10-24-11-9-19)18-23(28)27-14-12-26(13-15-27)22-7-6-20-4-2-3-5-21(20)16-22/h2-11,16H,12-15,17-18H2,1H3. The lowest BCUT2D eigenvalue weighted by molar-refractivity contribution is -0.132. The van der Waals surface area contributed by atoms with E-state index in [-0.39, 0.29) is 5.91 Å². The summed E-state index contributed by atoms with van der Waals surface area (Å²) in [6.45, 7) is 4.49. The van der Waals surface area contributed by atoms with Gasteiger partial charge in [0.25, 0.3) is 0 Å². The first-order valence-corrected chi connectivity index (χ1v) is 9.78. The van der Waals surface area contributed by atoms with Crippen LogP contribution in [-0.2, 0) is 11.3 Å². The van der Waals surface area contributed by atoms with Crippen molar-refractivity contribution in [1.82, 2.24) is 14.8 Å². The van der Waals surface area contributed by atoms with E-state index in [1.54, 1.807) is 12.4 Å². The lowest BCUT2D eigenvalue weighted by Crippen LogP contribution is -2.51. The molecular formula is C23H26N4O. The maximum absolute atomic E-state index is 12.7. The van der Waals surface area contributed by atoms with E-state index in [0.29, 0.717) is 6.54 Å². The van der Waals surface area contributed by atoms with Gasteiger partial charge in [0.1, 0.15) is 0 Å². The van der Waals surface area contributed by atoms with Gasteiger partial charge in [-0.3, -0.25) is 14.7 Å². The molecule has 2 aromatic carbocycles. The Hall–Kier alpha value is -2.92. The normalized spacial score (nSPS) is 14.6. The van der Waals surface area contributed by atoms with Crippen molar-refractivity contribution in [3.05, 3.63) is 72.6 Å². The van der Waals surface area contributed by atoms with Gasteiger partial charge in [0.2, 0.25) is 5.91 Å². The molecule has 1 fully saturated rings. The molecule has 0 saturated carbocycles. The van der Waals surface area contributed by atoms with Gasteiger partial charge in [-0.2, -0.15) is 0 Å². The molecule has 144 valence electrons. The van der Waals surface area contributed by atoms with Crippen molar-refractivity contribution in [2.75, 3.05) is 44.7 Å². The largest absolute Gasteiger partial charge is 0.368 e. The van der Waals surface area contributed by atoms with Crippen molar-refractivity contribution >= 4 is 22.4 Å². The Morgan fingerprint density at radius 3 is 2.43 bits per heavy atom. The first-order valence-electron chi connectivity index (χ1n) is 9.78. The highest BCUT2D eigenvalue weighted by molar-refractivity contribution is 5.86. The van der Waals surface area contributed by atoms with E-state index in [9.17, 15) is 4.79 Å². The zero-order valence-electron chi connectivity index (χ0n) is 16.3. The summed E-state index contributed by atoms with van der Waals surface area (Å²) in [6.07, 6.45) is 3.58. The average molecular weight is 374 g/mol. The molecule has 1 saturated heterocycles. The topological polar surface area (TPSA) is 39.7 Å². The Balaban J connectivity index is 1.31. The molecule has 0 spiro atoms. The number of aromatic nitrogens is 1. The van der Waals surface area contributed by atoms with Gasteiger partial charge in [-0.05, 0) is 47.6 Å². The smallest absolute Gasteiger partial charge is 0.236 e. The summed E-state index contributed by atoms with van der Waals surface area (Å²) in [6, 6.07) is 19.0. The van der Waals surface area contributed by atoms with Crippen LogP contribution in [0, 0.1) is 0 Å². The first-order chi connectivity index (χ1) is 13.7. The van der Waals surface area contributed by atoms with Crippen molar-refractivity contribution in [3.8, 4) is 0 Å². The molecule has 3 aromatic rings. The van der Waals surface area contributed by atoms with Gasteiger partial charge < -0.3 is 9.80 Å². The molecule has 1 aliphatic heterocycles. The number of pyridine rings is 1. The first kappa shape index (κ1) is 18.4. The highest BCUT2D eigenvalue weighted by Crippen LogP contribution is 2.23. The molecule has 5 nitrogen and oxygen atoms in total. The highest BCUT2D eigenvalue weighted by atomic mass is 16.2. The quantitative estimate of drug-likeness (QED) is 0.688. The average Bonchev–Trinajstić information content (AvgIpc) is 2.74. The van der Waals surface area contributed by atoms with Crippen LogP contribution >= 0.6 is 0 Å². The SMILES string of the molecule is CN(CC(=O)N1CCN(c2ccc3ccccc3c2)CC1)Cc1ccncc1. The minimum Gasteiger partial charge on any atom is -0.368 e. The molecule has 2 heterocycles. The van der Waals surface area contributed by atoms with E-state index in [1.807, 2.05) is 24.1 Å². The number of nitrogens with zero attached hydrogens (tertiary/aromatic N) is 4. The number of anilines is 1. The second kappa shape index (κ2) is 8.40. The second-order valence-electron chi connectivity index (χ2n) is 7.43. The molecule has 0 aliphatic carbocycles. The molecule has 5 heteroatoms. The van der Waals surface area contributed by atoms with Crippen molar-refractivity contribution < 1.29 is 4.79 Å². The zero-order valence-corrected chi connectivity index (χ0v) is 16.3. The minimum atomic E-state index is 0.203. The minimum absolute atomic E-state index is 0.203. The summed E-state index contributed by atoms with van der Waals surface area (Å²) in [5.74, 6) is 0.203. The number of likely N-dealkylation sites (N-methyl/N-ethyl adjacent to an activating group) is 1. The molecule has 0 unspecified atom stereocenters. The maximum Gasteiger partial charge on any atom is 0.236 e. The van der Waals surface area contributed by atoms with Crippen LogP contribution in [0.5, 0.6) is 0 Å². The van der Waals surface area contributed by atoms with E-state index < -0.39 is 0 Å². The number of carbonyl (C=O) groups excluding carboxylic acids is 1. The van der Waals surface area contributed by atoms with Gasteiger partial charge in [-0.1, -0.05) is 30.3 Å². The number of hydrogen-bond donors (Lipinski definition) is 0. The van der Waals surface area contributed by atoms with Crippen LogP contribution in [0.4, 0.5) is 5.69 Å². The number of amides is 1. The van der Waals surface area contributed by atoms with Gasteiger partial charge in [0, 0.05) is 50.8 Å². The van der Waals surface area contributed by atoms with Crippen molar-refractivity contribution in [2.45, 2.75) is 6.54 Å². The summed E-state index contributed by atoms with van der Waals surface area (Å²) in [7, 11) is 1.99. The van der Waals surface area contributed by atoms with E-state index in [2.05, 4.69) is 57.2 Å². The summed E-state index contributed by atoms with van der Waals surface area (Å²) in [5, 5.41) is 2.52. The molecule has 1 aliphatic rings. The van der Waals surface area contributed by atoms with Crippen LogP contribution in [0.3, 0.4) is 0 Å². The molecule has 1 aromatic heterocycles. The third-order valence-corrected chi connectivity index (χ3v) is 5.34. The van der Waals surface area contributed by atoms with E-state index in [4.69, 9.17) is 0 Å². The van der Waals surface area contributed by atoms with Crippen LogP contribution in [0.15, 0.2) is 67.0 Å². The van der Waals surface area contributed by atoms with Crippen LogP contribution in [0.2, 0.25) is 0 Å². The molecule has 4 rings (SSSR count). The van der Waals surface area contributed by atoms with E-state index in [0.717, 1.165) is 32.7 Å². The highest BCUT2D eigenvalue weighted by Gasteiger charge is 2.22. The van der Waals surface area contributed by atoms with Crippen LogP contribution in [0.1, 0.15) is 5.56 Å². The molecule has 0 bridgehead atoms. The zero-order chi connectivity index (χ0) is 19.3. The molecule has 1 amide bonds. The fraction of sp³-hybridized carbons (Fsp3) is 0.304. The fourth-order valence-electron chi connectivity index (χ4n) is 3.77. The van der Waals surface area contributed by atoms with Gasteiger partial charge in [0.15, 0.2) is 0 Å².